The van der Waals surface area contributed by atoms with Gasteiger partial charge in [-0.05, 0) is 6.42 Å². The topological polar surface area (TPSA) is 0 Å². The van der Waals surface area contributed by atoms with Gasteiger partial charge < -0.3 is 0 Å². The summed E-state index contributed by atoms with van der Waals surface area (Å²) < 4.78 is 11.2. The maximum Gasteiger partial charge on any atom is 0.0894 e. The zero-order chi connectivity index (χ0) is 4.83. The Balaban J connectivity index is 2.34. The molecule has 0 nitrogen and oxygen atoms in total. The maximum absolute atomic E-state index is 11.2. The zero-order valence-corrected chi connectivity index (χ0v) is 4.21. The van der Waals surface area contributed by atoms with Gasteiger partial charge in [-0.1, -0.05) is 19.8 Å². The molecule has 0 heterocycles. The van der Waals surface area contributed by atoms with Gasteiger partial charge in [0.25, 0.3) is 0 Å². The van der Waals surface area contributed by atoms with E-state index in [9.17, 15) is 4.39 Å². The highest BCUT2D eigenvalue weighted by Gasteiger charge is 1.78. The van der Waals surface area contributed by atoms with Crippen molar-refractivity contribution in [3.05, 3.63) is 0 Å². The predicted octanol–water partition coefficient (Wildman–Crippen LogP) is 2.15. The van der Waals surface area contributed by atoms with Crippen molar-refractivity contribution in [1.29, 1.82) is 0 Å². The molecule has 38 valence electrons. The summed E-state index contributed by atoms with van der Waals surface area (Å²) in [4.78, 5) is 0. The lowest BCUT2D eigenvalue weighted by atomic mass is 10.3. The van der Waals surface area contributed by atoms with Crippen LogP contribution in [0, 0.1) is 0 Å². The molecule has 0 aliphatic carbocycles. The molecule has 0 saturated heterocycles. The van der Waals surface area contributed by atoms with Gasteiger partial charge in [0.15, 0.2) is 0 Å². The summed E-state index contributed by atoms with van der Waals surface area (Å²) in [5.41, 5.74) is 0. The van der Waals surface area contributed by atoms with Gasteiger partial charge in [0.05, 0.1) is 6.67 Å². The molecule has 0 rings (SSSR count). The van der Waals surface area contributed by atoms with E-state index in [2.05, 4.69) is 6.92 Å². The standard InChI is InChI=1S/C5H11F/c1-2-3-4-5-6/h2-5H2,1H3/i6-1. The molecule has 6 heavy (non-hydrogen) atoms. The molecule has 0 aromatic heterocycles. The maximum atomic E-state index is 11.2. The normalized spacial score (nSPS) is 9.00. The van der Waals surface area contributed by atoms with Gasteiger partial charge in [0.1, 0.15) is 0 Å². The van der Waals surface area contributed by atoms with E-state index in [1.807, 2.05) is 0 Å². The molecule has 0 saturated carbocycles. The van der Waals surface area contributed by atoms with Crippen molar-refractivity contribution in [3.8, 4) is 0 Å². The minimum atomic E-state index is -0.145. The Morgan fingerprint density at radius 2 is 2.00 bits per heavy atom. The molecule has 0 radical (unpaired) electrons. The van der Waals surface area contributed by atoms with Gasteiger partial charge in [-0.3, -0.25) is 4.39 Å². The Bertz CT molecular complexity index is 15.9. The first-order valence-corrected chi connectivity index (χ1v) is 2.47. The van der Waals surface area contributed by atoms with Crippen LogP contribution in [0.2, 0.25) is 0 Å². The molecule has 0 atom stereocenters. The van der Waals surface area contributed by atoms with Crippen LogP contribution >= 0.6 is 0 Å². The van der Waals surface area contributed by atoms with Crippen LogP contribution in [0.1, 0.15) is 26.2 Å². The summed E-state index contributed by atoms with van der Waals surface area (Å²) >= 11 is 0. The molecule has 0 N–H and O–H groups in total. The molecule has 0 unspecified atom stereocenters. The molecule has 0 amide bonds. The van der Waals surface area contributed by atoms with Crippen LogP contribution in [0.15, 0.2) is 0 Å². The third-order valence-corrected chi connectivity index (χ3v) is 0.737. The van der Waals surface area contributed by atoms with E-state index in [0.717, 1.165) is 19.3 Å². The van der Waals surface area contributed by atoms with Gasteiger partial charge in [0, 0.05) is 0 Å². The summed E-state index contributed by atoms with van der Waals surface area (Å²) in [6.07, 6.45) is 2.90. The Morgan fingerprint density at radius 1 is 1.33 bits per heavy atom. The molecular formula is C5H11F. The van der Waals surface area contributed by atoms with Crippen LogP contribution < -0.4 is 0 Å². The molecule has 0 fully saturated rings. The van der Waals surface area contributed by atoms with Crippen LogP contribution in [0.4, 0.5) is 4.39 Å². The largest absolute Gasteiger partial charge is 0.251 e. The molecule has 0 aliphatic rings. The van der Waals surface area contributed by atoms with Crippen LogP contribution in [0.5, 0.6) is 0 Å². The number of hydrogen-bond acceptors (Lipinski definition) is 0. The van der Waals surface area contributed by atoms with E-state index in [1.165, 1.54) is 0 Å². The van der Waals surface area contributed by atoms with Crippen LogP contribution in [0.3, 0.4) is 0 Å². The summed E-state index contributed by atoms with van der Waals surface area (Å²) in [6, 6.07) is 0. The number of unbranched alkanes of at least 4 members (excludes halogenated alkanes) is 2. The Labute approximate surface area is 38.4 Å². The minimum Gasteiger partial charge on any atom is -0.251 e. The van der Waals surface area contributed by atoms with Crippen molar-refractivity contribution in [2.45, 2.75) is 26.2 Å². The highest BCUT2D eigenvalue weighted by atomic mass is 18.2. The van der Waals surface area contributed by atoms with E-state index in [-0.39, 0.29) is 6.67 Å². The first kappa shape index (κ1) is 5.93. The first-order valence-electron chi connectivity index (χ1n) is 2.47. The van der Waals surface area contributed by atoms with Crippen molar-refractivity contribution in [3.63, 3.8) is 0 Å². The van der Waals surface area contributed by atoms with E-state index < -0.39 is 0 Å². The lowest BCUT2D eigenvalue weighted by Gasteiger charge is -1.84. The number of hydrogen-bond donors (Lipinski definition) is 0. The highest BCUT2D eigenvalue weighted by Crippen LogP contribution is 1.91. The SMILES string of the molecule is CCCCC[18F]. The first-order chi connectivity index (χ1) is 2.91. The van der Waals surface area contributed by atoms with Gasteiger partial charge in [0.2, 0.25) is 0 Å². The van der Waals surface area contributed by atoms with Gasteiger partial charge >= 0.3 is 0 Å². The summed E-state index contributed by atoms with van der Waals surface area (Å²) in [5.74, 6) is 0. The smallest absolute Gasteiger partial charge is 0.0894 e. The van der Waals surface area contributed by atoms with Crippen molar-refractivity contribution < 1.29 is 4.39 Å². The lowest BCUT2D eigenvalue weighted by molar-refractivity contribution is 0.460. The zero-order valence-electron chi connectivity index (χ0n) is 4.21. The van der Waals surface area contributed by atoms with E-state index in [0.29, 0.717) is 0 Å². The molecule has 0 aromatic carbocycles. The minimum absolute atomic E-state index is 0.145. The van der Waals surface area contributed by atoms with E-state index in [4.69, 9.17) is 0 Å². The molecule has 1 heteroatoms. The number of halogens is 1. The Hall–Kier alpha value is -0.0700. The fraction of sp³-hybridized carbons (Fsp3) is 1.00. The summed E-state index contributed by atoms with van der Waals surface area (Å²) in [7, 11) is 0. The Kier molecular flexibility index (Phi) is 4.87. The molecular weight excluding hydrogens is 78.1 g/mol. The van der Waals surface area contributed by atoms with Gasteiger partial charge in [-0.2, -0.15) is 0 Å². The fourth-order valence-corrected chi connectivity index (χ4v) is 0.344. The number of rotatable bonds is 3. The van der Waals surface area contributed by atoms with E-state index in [1.54, 1.807) is 0 Å². The summed E-state index contributed by atoms with van der Waals surface area (Å²) in [5, 5.41) is 0. The predicted molar refractivity (Wildman–Crippen MR) is 25.5 cm³/mol. The second-order valence-electron chi connectivity index (χ2n) is 1.40. The average molecular weight is 89.1 g/mol. The van der Waals surface area contributed by atoms with Crippen molar-refractivity contribution in [2.24, 2.45) is 0 Å². The average Bonchev–Trinajstić information content (AvgIpc) is 1.61. The second-order valence-corrected chi connectivity index (χ2v) is 1.40. The Morgan fingerprint density at radius 3 is 2.17 bits per heavy atom. The molecule has 0 spiro atoms. The number of alkyl halides is 1. The van der Waals surface area contributed by atoms with Crippen LogP contribution in [-0.4, -0.2) is 6.67 Å². The lowest BCUT2D eigenvalue weighted by Crippen LogP contribution is -1.72. The van der Waals surface area contributed by atoms with Crippen LogP contribution in [-0.2, 0) is 0 Å². The van der Waals surface area contributed by atoms with Gasteiger partial charge in [-0.15, -0.1) is 0 Å². The van der Waals surface area contributed by atoms with Crippen molar-refractivity contribution in [2.75, 3.05) is 6.67 Å². The van der Waals surface area contributed by atoms with Crippen molar-refractivity contribution >= 4 is 0 Å². The van der Waals surface area contributed by atoms with E-state index >= 15 is 0 Å². The molecule has 0 aliphatic heterocycles. The highest BCUT2D eigenvalue weighted by molar-refractivity contribution is 4.31. The van der Waals surface area contributed by atoms with Crippen molar-refractivity contribution in [1.82, 2.24) is 0 Å². The van der Waals surface area contributed by atoms with Gasteiger partial charge in [-0.25, -0.2) is 0 Å². The summed E-state index contributed by atoms with van der Waals surface area (Å²) in [6.45, 7) is 1.92. The quantitative estimate of drug-likeness (QED) is 0.465. The molecule has 0 aromatic rings. The fourth-order valence-electron chi connectivity index (χ4n) is 0.344. The second kappa shape index (κ2) is 4.93. The third kappa shape index (κ3) is 3.93. The van der Waals surface area contributed by atoms with Crippen LogP contribution in [0.25, 0.3) is 0 Å². The molecule has 0 bridgehead atoms. The monoisotopic (exact) mass is 89.1 g/mol. The third-order valence-electron chi connectivity index (χ3n) is 0.737.